The monoisotopic (exact) mass is 376 g/mol. The molecule has 0 aromatic carbocycles. The van der Waals surface area contributed by atoms with Crippen molar-refractivity contribution in [2.45, 2.75) is 38.3 Å². The van der Waals surface area contributed by atoms with E-state index in [1.807, 2.05) is 17.0 Å². The average Bonchev–Trinajstić information content (AvgIpc) is 2.69. The molecule has 0 saturated carbocycles. The summed E-state index contributed by atoms with van der Waals surface area (Å²) >= 11 is 0. The lowest BCUT2D eigenvalue weighted by Gasteiger charge is -2.37. The van der Waals surface area contributed by atoms with Gasteiger partial charge in [-0.15, -0.1) is 0 Å². The van der Waals surface area contributed by atoms with Crippen LogP contribution < -0.4 is 5.73 Å². The van der Waals surface area contributed by atoms with Crippen LogP contribution in [0.3, 0.4) is 0 Å². The molecular formula is C20H32N4O3. The molecule has 0 radical (unpaired) electrons. The molecule has 0 spiro atoms. The number of carbonyl (C=O) groups is 1. The van der Waals surface area contributed by atoms with E-state index >= 15 is 0 Å². The Morgan fingerprint density at radius 3 is 2.59 bits per heavy atom. The molecule has 0 aliphatic carbocycles. The van der Waals surface area contributed by atoms with Gasteiger partial charge in [0.05, 0.1) is 19.3 Å². The first-order valence-corrected chi connectivity index (χ1v) is 9.98. The maximum atomic E-state index is 12.9. The molecule has 1 amide bonds. The minimum absolute atomic E-state index is 0.162. The molecule has 0 unspecified atom stereocenters. The second-order valence-corrected chi connectivity index (χ2v) is 7.53. The molecule has 0 bridgehead atoms. The molecule has 2 aliphatic heterocycles. The number of carbonyl (C=O) groups excluding carboxylic acids is 1. The highest BCUT2D eigenvalue weighted by Gasteiger charge is 2.31. The van der Waals surface area contributed by atoms with Crippen LogP contribution in [0.2, 0.25) is 0 Å². The Balaban J connectivity index is 1.39. The Kier molecular flexibility index (Phi) is 7.43. The quantitative estimate of drug-likeness (QED) is 0.727. The van der Waals surface area contributed by atoms with E-state index in [1.165, 1.54) is 5.56 Å². The Morgan fingerprint density at radius 2 is 1.93 bits per heavy atom. The number of amides is 1. The second kappa shape index (κ2) is 10.0. The van der Waals surface area contributed by atoms with Crippen molar-refractivity contribution < 1.29 is 14.3 Å². The smallest absolute Gasteiger partial charge is 0.225 e. The summed E-state index contributed by atoms with van der Waals surface area (Å²) in [6, 6.07) is 3.93. The molecule has 27 heavy (non-hydrogen) atoms. The van der Waals surface area contributed by atoms with Gasteiger partial charge in [-0.05, 0) is 56.5 Å². The normalized spacial score (nSPS) is 20.1. The number of piperidine rings is 2. The maximum Gasteiger partial charge on any atom is 0.225 e. The molecule has 150 valence electrons. The van der Waals surface area contributed by atoms with Gasteiger partial charge in [0.25, 0.3) is 0 Å². The van der Waals surface area contributed by atoms with Gasteiger partial charge in [0.1, 0.15) is 5.82 Å². The van der Waals surface area contributed by atoms with Crippen LogP contribution in [0.15, 0.2) is 18.3 Å². The van der Waals surface area contributed by atoms with Crippen molar-refractivity contribution in [3.8, 4) is 0 Å². The van der Waals surface area contributed by atoms with Crippen LogP contribution in [0, 0.1) is 5.92 Å². The average molecular weight is 377 g/mol. The van der Waals surface area contributed by atoms with E-state index in [0.717, 1.165) is 58.4 Å². The predicted molar refractivity (Wildman–Crippen MR) is 104 cm³/mol. The zero-order chi connectivity index (χ0) is 19.1. The largest absolute Gasteiger partial charge is 0.384 e. The van der Waals surface area contributed by atoms with Gasteiger partial charge in [0.2, 0.25) is 5.91 Å². The third-order valence-electron chi connectivity index (χ3n) is 5.58. The highest BCUT2D eigenvalue weighted by atomic mass is 16.5. The number of likely N-dealkylation sites (tertiary alicyclic amines) is 2. The number of hydrogen-bond acceptors (Lipinski definition) is 6. The zero-order valence-electron chi connectivity index (χ0n) is 16.3. The summed E-state index contributed by atoms with van der Waals surface area (Å²) in [7, 11) is 1.68. The molecule has 3 heterocycles. The lowest BCUT2D eigenvalue weighted by Crippen LogP contribution is -2.46. The van der Waals surface area contributed by atoms with Gasteiger partial charge in [-0.25, -0.2) is 4.98 Å². The van der Waals surface area contributed by atoms with E-state index in [0.29, 0.717) is 24.9 Å². The molecule has 2 fully saturated rings. The van der Waals surface area contributed by atoms with Crippen molar-refractivity contribution in [2.75, 3.05) is 52.2 Å². The lowest BCUT2D eigenvalue weighted by atomic mass is 9.94. The number of nitrogens with two attached hydrogens (primary N) is 1. The van der Waals surface area contributed by atoms with Crippen molar-refractivity contribution in [1.82, 2.24) is 14.8 Å². The molecule has 0 atom stereocenters. The van der Waals surface area contributed by atoms with Gasteiger partial charge in [-0.3, -0.25) is 9.69 Å². The highest BCUT2D eigenvalue weighted by molar-refractivity contribution is 5.79. The Morgan fingerprint density at radius 1 is 1.19 bits per heavy atom. The summed E-state index contributed by atoms with van der Waals surface area (Å²) in [6.45, 7) is 5.67. The summed E-state index contributed by atoms with van der Waals surface area (Å²) in [5.74, 6) is 1.06. The number of hydrogen-bond donors (Lipinski definition) is 1. The Labute approximate surface area is 161 Å². The van der Waals surface area contributed by atoms with Crippen LogP contribution >= 0.6 is 0 Å². The minimum atomic E-state index is 0.162. The van der Waals surface area contributed by atoms with Gasteiger partial charge >= 0.3 is 0 Å². The third kappa shape index (κ3) is 5.89. The van der Waals surface area contributed by atoms with Gasteiger partial charge in [0, 0.05) is 38.9 Å². The van der Waals surface area contributed by atoms with Crippen molar-refractivity contribution >= 4 is 11.7 Å². The third-order valence-corrected chi connectivity index (χ3v) is 5.58. The summed E-state index contributed by atoms with van der Waals surface area (Å²) in [5.41, 5.74) is 6.94. The fourth-order valence-corrected chi connectivity index (χ4v) is 3.99. The molecular weight excluding hydrogens is 344 g/mol. The molecule has 1 aromatic rings. The fraction of sp³-hybridized carbons (Fsp3) is 0.700. The Bertz CT molecular complexity index is 597. The second-order valence-electron chi connectivity index (χ2n) is 7.53. The number of aromatic nitrogens is 1. The molecule has 1 aromatic heterocycles. The van der Waals surface area contributed by atoms with Crippen LogP contribution in [-0.4, -0.2) is 73.3 Å². The van der Waals surface area contributed by atoms with Crippen LogP contribution in [0.25, 0.3) is 0 Å². The summed E-state index contributed by atoms with van der Waals surface area (Å²) in [4.78, 5) is 21.3. The van der Waals surface area contributed by atoms with E-state index in [4.69, 9.17) is 15.2 Å². The minimum Gasteiger partial charge on any atom is -0.384 e. The maximum absolute atomic E-state index is 12.9. The van der Waals surface area contributed by atoms with Crippen LogP contribution in [0.4, 0.5) is 5.82 Å². The first kappa shape index (κ1) is 20.0. The topological polar surface area (TPSA) is 80.9 Å². The van der Waals surface area contributed by atoms with E-state index in [2.05, 4.69) is 9.88 Å². The van der Waals surface area contributed by atoms with Crippen LogP contribution in [0.1, 0.15) is 31.2 Å². The number of rotatable bonds is 7. The molecule has 7 nitrogen and oxygen atoms in total. The Hall–Kier alpha value is -1.70. The number of nitrogen functional groups attached to an aromatic ring is 1. The SMILES string of the molecule is COCCOC1CCN(C(=O)C2CCN(Cc3ccnc(N)c3)CC2)CC1. The summed E-state index contributed by atoms with van der Waals surface area (Å²) in [5, 5.41) is 0. The van der Waals surface area contributed by atoms with Gasteiger partial charge in [0.15, 0.2) is 0 Å². The van der Waals surface area contributed by atoms with Gasteiger partial charge in [-0.2, -0.15) is 0 Å². The molecule has 2 aliphatic rings. The van der Waals surface area contributed by atoms with Gasteiger partial charge in [-0.1, -0.05) is 0 Å². The number of pyridine rings is 1. The number of anilines is 1. The number of ether oxygens (including phenoxy) is 2. The van der Waals surface area contributed by atoms with E-state index in [1.54, 1.807) is 13.3 Å². The first-order chi connectivity index (χ1) is 13.2. The zero-order valence-corrected chi connectivity index (χ0v) is 16.3. The van der Waals surface area contributed by atoms with E-state index < -0.39 is 0 Å². The number of nitrogens with zero attached hydrogens (tertiary/aromatic N) is 3. The van der Waals surface area contributed by atoms with Gasteiger partial charge < -0.3 is 20.1 Å². The van der Waals surface area contributed by atoms with Crippen molar-refractivity contribution in [2.24, 2.45) is 5.92 Å². The van der Waals surface area contributed by atoms with Crippen LogP contribution in [-0.2, 0) is 20.8 Å². The van der Waals surface area contributed by atoms with E-state index in [-0.39, 0.29) is 12.0 Å². The predicted octanol–water partition coefficient (Wildman–Crippen LogP) is 1.53. The highest BCUT2D eigenvalue weighted by Crippen LogP contribution is 2.24. The molecule has 3 rings (SSSR count). The van der Waals surface area contributed by atoms with E-state index in [9.17, 15) is 4.79 Å². The standard InChI is InChI=1S/C20H32N4O3/c1-26-12-13-27-18-5-10-24(11-6-18)20(25)17-3-8-23(9-4-17)15-16-2-7-22-19(21)14-16/h2,7,14,17-18H,3-6,8-13,15H2,1H3,(H2,21,22). The van der Waals surface area contributed by atoms with Crippen LogP contribution in [0.5, 0.6) is 0 Å². The number of methoxy groups -OCH3 is 1. The van der Waals surface area contributed by atoms with Crippen molar-refractivity contribution in [3.63, 3.8) is 0 Å². The molecule has 2 N–H and O–H groups in total. The lowest BCUT2D eigenvalue weighted by molar-refractivity contribution is -0.140. The molecule has 2 saturated heterocycles. The summed E-state index contributed by atoms with van der Waals surface area (Å²) in [6.07, 6.45) is 5.74. The fourth-order valence-electron chi connectivity index (χ4n) is 3.99. The molecule has 7 heteroatoms. The summed E-state index contributed by atoms with van der Waals surface area (Å²) < 4.78 is 10.8. The van der Waals surface area contributed by atoms with Crippen molar-refractivity contribution in [3.05, 3.63) is 23.9 Å². The van der Waals surface area contributed by atoms with Crippen molar-refractivity contribution in [1.29, 1.82) is 0 Å². The first-order valence-electron chi connectivity index (χ1n) is 9.98.